The number of hydrogen-bond donors (Lipinski definition) is 2. The Labute approximate surface area is 132 Å². The summed E-state index contributed by atoms with van der Waals surface area (Å²) in [4.78, 5) is 28.2. The molecule has 8 heteroatoms. The van der Waals surface area contributed by atoms with Gasteiger partial charge in [0, 0.05) is 6.42 Å². The zero-order chi connectivity index (χ0) is 16.4. The SMILES string of the molecule is COc1ccc(C)cc1NC(=O)CC1Cn2ncnc2NC1=O. The molecule has 1 aliphatic rings. The second kappa shape index (κ2) is 6.07. The van der Waals surface area contributed by atoms with Crippen LogP contribution in [-0.2, 0) is 16.1 Å². The fourth-order valence-electron chi connectivity index (χ4n) is 2.50. The van der Waals surface area contributed by atoms with Crippen molar-refractivity contribution in [3.63, 3.8) is 0 Å². The molecule has 23 heavy (non-hydrogen) atoms. The summed E-state index contributed by atoms with van der Waals surface area (Å²) < 4.78 is 6.81. The molecule has 1 aromatic carbocycles. The van der Waals surface area contributed by atoms with Gasteiger partial charge in [-0.15, -0.1) is 0 Å². The highest BCUT2D eigenvalue weighted by atomic mass is 16.5. The van der Waals surface area contributed by atoms with E-state index in [1.54, 1.807) is 17.9 Å². The van der Waals surface area contributed by atoms with Crippen LogP contribution >= 0.6 is 0 Å². The Hall–Kier alpha value is -2.90. The molecule has 0 bridgehead atoms. The second-order valence-electron chi connectivity index (χ2n) is 5.41. The standard InChI is InChI=1S/C15H17N5O3/c1-9-3-4-12(23-2)11(5-9)18-13(21)6-10-7-20-15(16-8-17-20)19-14(10)22/h3-5,8,10H,6-7H2,1-2H3,(H,18,21)(H,16,17,19,22). The number of hydrogen-bond acceptors (Lipinski definition) is 5. The minimum Gasteiger partial charge on any atom is -0.495 e. The van der Waals surface area contributed by atoms with Crippen LogP contribution in [0.1, 0.15) is 12.0 Å². The van der Waals surface area contributed by atoms with Gasteiger partial charge in [0.1, 0.15) is 12.1 Å². The lowest BCUT2D eigenvalue weighted by molar-refractivity contribution is -0.126. The largest absolute Gasteiger partial charge is 0.495 e. The molecular formula is C15H17N5O3. The molecule has 2 N–H and O–H groups in total. The van der Waals surface area contributed by atoms with Gasteiger partial charge in [-0.3, -0.25) is 14.9 Å². The summed E-state index contributed by atoms with van der Waals surface area (Å²) in [6.07, 6.45) is 1.43. The van der Waals surface area contributed by atoms with Gasteiger partial charge in [0.15, 0.2) is 0 Å². The zero-order valence-electron chi connectivity index (χ0n) is 12.9. The number of nitrogens with one attached hydrogen (secondary N) is 2. The predicted molar refractivity (Wildman–Crippen MR) is 83.1 cm³/mol. The van der Waals surface area contributed by atoms with Crippen molar-refractivity contribution in [2.24, 2.45) is 5.92 Å². The molecule has 0 aliphatic carbocycles. The minimum absolute atomic E-state index is 0.0578. The average Bonchev–Trinajstić information content (AvgIpc) is 2.95. The molecule has 1 aromatic heterocycles. The molecule has 0 saturated heterocycles. The van der Waals surface area contributed by atoms with Crippen molar-refractivity contribution in [3.05, 3.63) is 30.1 Å². The lowest BCUT2D eigenvalue weighted by Crippen LogP contribution is -2.36. The van der Waals surface area contributed by atoms with E-state index in [1.165, 1.54) is 6.33 Å². The first-order chi connectivity index (χ1) is 11.1. The highest BCUT2D eigenvalue weighted by molar-refractivity contribution is 5.98. The van der Waals surface area contributed by atoms with Gasteiger partial charge in [-0.25, -0.2) is 4.68 Å². The number of carbonyl (C=O) groups excluding carboxylic acids is 2. The van der Waals surface area contributed by atoms with Crippen LogP contribution < -0.4 is 15.4 Å². The Morgan fingerprint density at radius 1 is 1.52 bits per heavy atom. The molecule has 0 radical (unpaired) electrons. The topological polar surface area (TPSA) is 98.1 Å². The van der Waals surface area contributed by atoms with Gasteiger partial charge >= 0.3 is 0 Å². The number of ether oxygens (including phenoxy) is 1. The summed E-state index contributed by atoms with van der Waals surface area (Å²) in [5, 5.41) is 9.45. The molecule has 0 spiro atoms. The first-order valence-corrected chi connectivity index (χ1v) is 7.20. The number of benzene rings is 1. The molecule has 0 saturated carbocycles. The smallest absolute Gasteiger partial charge is 0.232 e. The average molecular weight is 315 g/mol. The first kappa shape index (κ1) is 15.0. The van der Waals surface area contributed by atoms with Crippen LogP contribution in [-0.4, -0.2) is 33.7 Å². The number of nitrogens with zero attached hydrogens (tertiary/aromatic N) is 3. The first-order valence-electron chi connectivity index (χ1n) is 7.20. The second-order valence-corrected chi connectivity index (χ2v) is 5.41. The van der Waals surface area contributed by atoms with Crippen molar-refractivity contribution in [1.82, 2.24) is 14.8 Å². The molecule has 1 unspecified atom stereocenters. The van der Waals surface area contributed by atoms with Crippen LogP contribution in [0.25, 0.3) is 0 Å². The highest BCUT2D eigenvalue weighted by Crippen LogP contribution is 2.26. The van der Waals surface area contributed by atoms with Crippen molar-refractivity contribution < 1.29 is 14.3 Å². The Kier molecular flexibility index (Phi) is 3.96. The van der Waals surface area contributed by atoms with Crippen molar-refractivity contribution in [1.29, 1.82) is 0 Å². The number of methoxy groups -OCH3 is 1. The van der Waals surface area contributed by atoms with Crippen molar-refractivity contribution in [2.75, 3.05) is 17.7 Å². The van der Waals surface area contributed by atoms with Crippen LogP contribution in [0.2, 0.25) is 0 Å². The van der Waals surface area contributed by atoms with Crippen LogP contribution in [0.5, 0.6) is 5.75 Å². The van der Waals surface area contributed by atoms with Gasteiger partial charge in [-0.2, -0.15) is 10.1 Å². The highest BCUT2D eigenvalue weighted by Gasteiger charge is 2.29. The number of rotatable bonds is 4. The van der Waals surface area contributed by atoms with Gasteiger partial charge in [0.25, 0.3) is 0 Å². The normalized spacial score (nSPS) is 16.4. The van der Waals surface area contributed by atoms with Crippen molar-refractivity contribution in [3.8, 4) is 5.75 Å². The van der Waals surface area contributed by atoms with Gasteiger partial charge < -0.3 is 10.1 Å². The van der Waals surface area contributed by atoms with Crippen LogP contribution in [0.3, 0.4) is 0 Å². The summed E-state index contributed by atoms with van der Waals surface area (Å²) >= 11 is 0. The third kappa shape index (κ3) is 3.15. The van der Waals surface area contributed by atoms with Gasteiger partial charge in [0.05, 0.1) is 25.3 Å². The summed E-state index contributed by atoms with van der Waals surface area (Å²) in [5.74, 6) is 0.0251. The number of amides is 2. The third-order valence-electron chi connectivity index (χ3n) is 3.68. The lowest BCUT2D eigenvalue weighted by atomic mass is 10.0. The Morgan fingerprint density at radius 3 is 3.13 bits per heavy atom. The number of anilines is 2. The van der Waals surface area contributed by atoms with Crippen LogP contribution in [0.15, 0.2) is 24.5 Å². The minimum atomic E-state index is -0.486. The molecule has 2 amide bonds. The summed E-state index contributed by atoms with van der Waals surface area (Å²) in [7, 11) is 1.54. The maximum atomic E-state index is 12.3. The molecule has 1 aliphatic heterocycles. The predicted octanol–water partition coefficient (Wildman–Crippen LogP) is 1.19. The van der Waals surface area contributed by atoms with E-state index in [0.717, 1.165) is 5.56 Å². The van der Waals surface area contributed by atoms with Gasteiger partial charge in [-0.05, 0) is 24.6 Å². The molecule has 2 heterocycles. The van der Waals surface area contributed by atoms with Crippen molar-refractivity contribution in [2.45, 2.75) is 19.9 Å². The Balaban J connectivity index is 1.68. The van der Waals surface area contributed by atoms with Crippen LogP contribution in [0.4, 0.5) is 11.6 Å². The summed E-state index contributed by atoms with van der Waals surface area (Å²) in [5.41, 5.74) is 1.60. The number of aromatic nitrogens is 3. The summed E-state index contributed by atoms with van der Waals surface area (Å²) in [6.45, 7) is 2.26. The fourth-order valence-corrected chi connectivity index (χ4v) is 2.50. The van der Waals surface area contributed by atoms with E-state index in [1.807, 2.05) is 19.1 Å². The van der Waals surface area contributed by atoms with E-state index >= 15 is 0 Å². The zero-order valence-corrected chi connectivity index (χ0v) is 12.9. The van der Waals surface area contributed by atoms with Gasteiger partial charge in [0.2, 0.25) is 17.8 Å². The molecule has 8 nitrogen and oxygen atoms in total. The van der Waals surface area contributed by atoms with E-state index in [2.05, 4.69) is 20.7 Å². The Morgan fingerprint density at radius 2 is 2.35 bits per heavy atom. The molecule has 1 atom stereocenters. The van der Waals surface area contributed by atoms with Crippen molar-refractivity contribution >= 4 is 23.5 Å². The van der Waals surface area contributed by atoms with Gasteiger partial charge in [-0.1, -0.05) is 6.07 Å². The molecule has 120 valence electrons. The van der Waals surface area contributed by atoms with E-state index in [0.29, 0.717) is 23.9 Å². The van der Waals surface area contributed by atoms with E-state index < -0.39 is 5.92 Å². The lowest BCUT2D eigenvalue weighted by Gasteiger charge is -2.22. The monoisotopic (exact) mass is 315 g/mol. The molecule has 2 aromatic rings. The van der Waals surface area contributed by atoms with E-state index in [9.17, 15) is 9.59 Å². The maximum Gasteiger partial charge on any atom is 0.232 e. The molecule has 0 fully saturated rings. The Bertz CT molecular complexity index is 755. The fraction of sp³-hybridized carbons (Fsp3) is 0.333. The summed E-state index contributed by atoms with van der Waals surface area (Å²) in [6, 6.07) is 5.52. The molecule has 3 rings (SSSR count). The number of carbonyl (C=O) groups is 2. The van der Waals surface area contributed by atoms with E-state index in [-0.39, 0.29) is 18.2 Å². The number of aryl methyl sites for hydroxylation is 1. The number of fused-ring (bicyclic) bond motifs is 1. The molecular weight excluding hydrogens is 298 g/mol. The quantitative estimate of drug-likeness (QED) is 0.883. The van der Waals surface area contributed by atoms with E-state index in [4.69, 9.17) is 4.74 Å². The third-order valence-corrected chi connectivity index (χ3v) is 3.68. The maximum absolute atomic E-state index is 12.3. The van der Waals surface area contributed by atoms with Crippen LogP contribution in [0, 0.1) is 12.8 Å².